The van der Waals surface area contributed by atoms with E-state index in [-0.39, 0.29) is 10.6 Å². The number of halogens is 1. The van der Waals surface area contributed by atoms with E-state index in [1.165, 1.54) is 6.08 Å². The summed E-state index contributed by atoms with van der Waals surface area (Å²) < 4.78 is 25.7. The van der Waals surface area contributed by atoms with Gasteiger partial charge < -0.3 is 0 Å². The molecule has 24 heavy (non-hydrogen) atoms. The Morgan fingerprint density at radius 1 is 1.04 bits per heavy atom. The lowest BCUT2D eigenvalue weighted by Gasteiger charge is -2.05. The van der Waals surface area contributed by atoms with Crippen molar-refractivity contribution >= 4 is 21.4 Å². The summed E-state index contributed by atoms with van der Waals surface area (Å²) >= 11 is 5.89. The Labute approximate surface area is 145 Å². The van der Waals surface area contributed by atoms with E-state index in [2.05, 4.69) is 11.7 Å². The smallest absolute Gasteiger partial charge is 0.181 e. The fourth-order valence-corrected chi connectivity index (χ4v) is 3.48. The third kappa shape index (κ3) is 3.42. The second kappa shape index (κ2) is 6.63. The van der Waals surface area contributed by atoms with Crippen LogP contribution in [0.1, 0.15) is 0 Å². The average molecular weight is 359 g/mol. The van der Waals surface area contributed by atoms with Crippen molar-refractivity contribution in [2.45, 2.75) is 4.90 Å². The Morgan fingerprint density at radius 2 is 1.71 bits per heavy atom. The van der Waals surface area contributed by atoms with E-state index in [4.69, 9.17) is 11.6 Å². The summed E-state index contributed by atoms with van der Waals surface area (Å²) in [6, 6.07) is 16.0. The molecule has 0 aliphatic rings. The minimum Gasteiger partial charge on any atom is -0.240 e. The first-order chi connectivity index (χ1) is 11.5. The first-order valence-electron chi connectivity index (χ1n) is 7.25. The van der Waals surface area contributed by atoms with Gasteiger partial charge in [-0.1, -0.05) is 29.8 Å². The van der Waals surface area contributed by atoms with Crippen LogP contribution in [0, 0.1) is 0 Å². The quantitative estimate of drug-likeness (QED) is 0.644. The molecular formula is C18H15ClN2O2S. The molecule has 0 fully saturated rings. The molecule has 0 aliphatic heterocycles. The number of sulfone groups is 1. The Kier molecular flexibility index (Phi) is 4.55. The van der Waals surface area contributed by atoms with Crippen LogP contribution in [0.15, 0.2) is 78.3 Å². The van der Waals surface area contributed by atoms with Crippen LogP contribution in [0.3, 0.4) is 0 Å². The zero-order valence-electron chi connectivity index (χ0n) is 12.8. The molecule has 0 aliphatic carbocycles. The molecule has 4 nitrogen and oxygen atoms in total. The van der Waals surface area contributed by atoms with E-state index in [0.717, 1.165) is 16.9 Å². The second-order valence-corrected chi connectivity index (χ2v) is 7.69. The zero-order chi connectivity index (χ0) is 17.2. The van der Waals surface area contributed by atoms with Crippen LogP contribution in [0.2, 0.25) is 5.02 Å². The molecule has 3 rings (SSSR count). The molecule has 0 radical (unpaired) electrons. The zero-order valence-corrected chi connectivity index (χ0v) is 14.3. The van der Waals surface area contributed by atoms with Crippen LogP contribution in [0.25, 0.3) is 16.9 Å². The lowest BCUT2D eigenvalue weighted by molar-refractivity contribution is 0.599. The molecule has 3 aromatic rings. The summed E-state index contributed by atoms with van der Waals surface area (Å²) in [5, 5.41) is 5.19. The number of aromatic nitrogens is 2. The van der Waals surface area contributed by atoms with E-state index >= 15 is 0 Å². The van der Waals surface area contributed by atoms with Gasteiger partial charge in [0.25, 0.3) is 0 Å². The van der Waals surface area contributed by atoms with Crippen molar-refractivity contribution in [3.05, 3.63) is 78.5 Å². The van der Waals surface area contributed by atoms with Gasteiger partial charge >= 0.3 is 0 Å². The molecule has 0 amide bonds. The lowest BCUT2D eigenvalue weighted by Crippen LogP contribution is -2.04. The molecule has 0 atom stereocenters. The lowest BCUT2D eigenvalue weighted by atomic mass is 10.2. The van der Waals surface area contributed by atoms with Gasteiger partial charge in [-0.2, -0.15) is 5.10 Å². The Balaban J connectivity index is 1.88. The molecule has 0 spiro atoms. The van der Waals surface area contributed by atoms with Crippen molar-refractivity contribution < 1.29 is 8.42 Å². The monoisotopic (exact) mass is 358 g/mol. The predicted octanol–water partition coefficient (Wildman–Crippen LogP) is 4.15. The fourth-order valence-electron chi connectivity index (χ4n) is 2.30. The summed E-state index contributed by atoms with van der Waals surface area (Å²) in [4.78, 5) is 0.274. The number of hydrogen-bond donors (Lipinski definition) is 0. The minimum absolute atomic E-state index is 0.0746. The van der Waals surface area contributed by atoms with Crippen LogP contribution in [-0.2, 0) is 9.84 Å². The summed E-state index contributed by atoms with van der Waals surface area (Å²) in [5.41, 5.74) is 2.56. The van der Waals surface area contributed by atoms with E-state index in [0.29, 0.717) is 5.02 Å². The Bertz CT molecular complexity index is 959. The molecule has 122 valence electrons. The highest BCUT2D eigenvalue weighted by molar-refractivity contribution is 7.91. The van der Waals surface area contributed by atoms with E-state index in [1.807, 2.05) is 36.5 Å². The maximum Gasteiger partial charge on any atom is 0.181 e. The summed E-state index contributed by atoms with van der Waals surface area (Å²) in [6.07, 6.45) is 3.21. The van der Waals surface area contributed by atoms with Crippen LogP contribution in [-0.4, -0.2) is 24.0 Å². The van der Waals surface area contributed by atoms with Gasteiger partial charge in [0.05, 0.1) is 22.0 Å². The molecule has 0 N–H and O–H groups in total. The third-order valence-electron chi connectivity index (χ3n) is 3.53. The van der Waals surface area contributed by atoms with Crippen LogP contribution >= 0.6 is 11.6 Å². The highest BCUT2D eigenvalue weighted by Crippen LogP contribution is 2.21. The predicted molar refractivity (Wildman–Crippen MR) is 96.3 cm³/mol. The van der Waals surface area contributed by atoms with Gasteiger partial charge in [-0.25, -0.2) is 13.1 Å². The summed E-state index contributed by atoms with van der Waals surface area (Å²) in [7, 11) is -3.31. The van der Waals surface area contributed by atoms with Gasteiger partial charge in [0.2, 0.25) is 0 Å². The fraction of sp³-hybridized carbons (Fsp3) is 0.0556. The summed E-state index contributed by atoms with van der Waals surface area (Å²) in [6.45, 7) is 3.47. The molecule has 0 saturated carbocycles. The highest BCUT2D eigenvalue weighted by Gasteiger charge is 2.12. The highest BCUT2D eigenvalue weighted by atomic mass is 35.5. The molecule has 6 heteroatoms. The van der Waals surface area contributed by atoms with Gasteiger partial charge in [0.15, 0.2) is 9.84 Å². The average Bonchev–Trinajstić information content (AvgIpc) is 3.05. The largest absolute Gasteiger partial charge is 0.240 e. The van der Waals surface area contributed by atoms with Gasteiger partial charge in [-0.15, -0.1) is 6.58 Å². The van der Waals surface area contributed by atoms with Crippen LogP contribution < -0.4 is 0 Å². The van der Waals surface area contributed by atoms with Crippen molar-refractivity contribution in [3.63, 3.8) is 0 Å². The Morgan fingerprint density at radius 3 is 2.33 bits per heavy atom. The van der Waals surface area contributed by atoms with Crippen molar-refractivity contribution in [2.24, 2.45) is 0 Å². The molecule has 0 saturated heterocycles. The molecule has 0 unspecified atom stereocenters. The maximum atomic E-state index is 12.0. The SMILES string of the molecule is C=CCS(=O)(=O)c1ccc(-n2ccc(-c3ccc(Cl)cc3)n2)cc1. The first-order valence-corrected chi connectivity index (χ1v) is 9.28. The van der Waals surface area contributed by atoms with Crippen molar-refractivity contribution in [2.75, 3.05) is 5.75 Å². The van der Waals surface area contributed by atoms with E-state index < -0.39 is 9.84 Å². The third-order valence-corrected chi connectivity index (χ3v) is 5.44. The second-order valence-electron chi connectivity index (χ2n) is 5.22. The molecular weight excluding hydrogens is 344 g/mol. The molecule has 1 heterocycles. The van der Waals surface area contributed by atoms with Gasteiger partial charge in [-0.3, -0.25) is 0 Å². The minimum atomic E-state index is -3.31. The normalized spacial score (nSPS) is 11.4. The number of nitrogens with zero attached hydrogens (tertiary/aromatic N) is 2. The van der Waals surface area contributed by atoms with Gasteiger partial charge in [-0.05, 0) is 42.5 Å². The number of benzene rings is 2. The molecule has 1 aromatic heterocycles. The van der Waals surface area contributed by atoms with Crippen molar-refractivity contribution in [3.8, 4) is 16.9 Å². The molecule has 2 aromatic carbocycles. The topological polar surface area (TPSA) is 52.0 Å². The van der Waals surface area contributed by atoms with Crippen LogP contribution in [0.4, 0.5) is 0 Å². The van der Waals surface area contributed by atoms with E-state index in [1.54, 1.807) is 28.9 Å². The van der Waals surface area contributed by atoms with Crippen molar-refractivity contribution in [1.29, 1.82) is 0 Å². The van der Waals surface area contributed by atoms with Gasteiger partial charge in [0, 0.05) is 16.8 Å². The van der Waals surface area contributed by atoms with E-state index in [9.17, 15) is 8.42 Å². The Hall–Kier alpha value is -2.37. The summed E-state index contributed by atoms with van der Waals surface area (Å²) in [5.74, 6) is -0.0746. The number of hydrogen-bond acceptors (Lipinski definition) is 3. The molecule has 0 bridgehead atoms. The maximum absolute atomic E-state index is 12.0. The standard InChI is InChI=1S/C18H15ClN2O2S/c1-2-13-24(22,23)17-9-7-16(8-10-17)21-12-11-18(20-21)14-3-5-15(19)6-4-14/h2-12H,1,13H2. The number of rotatable bonds is 5. The van der Waals surface area contributed by atoms with Gasteiger partial charge in [0.1, 0.15) is 0 Å². The van der Waals surface area contributed by atoms with Crippen molar-refractivity contribution in [1.82, 2.24) is 9.78 Å². The first kappa shape index (κ1) is 16.5. The van der Waals surface area contributed by atoms with Crippen LogP contribution in [0.5, 0.6) is 0 Å².